The van der Waals surface area contributed by atoms with Crippen LogP contribution in [0.4, 0.5) is 17.1 Å². The van der Waals surface area contributed by atoms with Crippen molar-refractivity contribution in [1.82, 2.24) is 4.90 Å². The van der Waals surface area contributed by atoms with Crippen LogP contribution in [0.2, 0.25) is 0 Å². The normalized spacial score (nSPS) is 12.0. The second-order valence-corrected chi connectivity index (χ2v) is 5.89. The fraction of sp³-hybridized carbons (Fsp3) is 0.353. The topological polar surface area (TPSA) is 98.7 Å². The molecule has 0 aliphatic heterocycles. The molecular formula is C17H21N3O4. The summed E-state index contributed by atoms with van der Waals surface area (Å²) in [5.74, 6) is -0.627. The third kappa shape index (κ3) is 3.10. The van der Waals surface area contributed by atoms with E-state index in [-0.39, 0.29) is 40.3 Å². The number of anilines is 3. The lowest BCUT2D eigenvalue weighted by molar-refractivity contribution is 0.0825. The fourth-order valence-corrected chi connectivity index (χ4v) is 2.19. The van der Waals surface area contributed by atoms with Gasteiger partial charge in [-0.2, -0.15) is 0 Å². The van der Waals surface area contributed by atoms with Crippen molar-refractivity contribution in [2.75, 3.05) is 24.7 Å². The molecule has 1 atom stereocenters. The number of aromatic hydroxyl groups is 1. The molecule has 7 nitrogen and oxygen atoms in total. The first-order valence-corrected chi connectivity index (χ1v) is 7.68. The highest BCUT2D eigenvalue weighted by atomic mass is 16.3. The number of para-hydroxylation sites is 1. The second kappa shape index (κ2) is 6.74. The van der Waals surface area contributed by atoms with Crippen molar-refractivity contribution in [2.24, 2.45) is 0 Å². The Balaban J connectivity index is 2.35. The number of carbonyl (C=O) groups excluding carboxylic acids is 1. The van der Waals surface area contributed by atoms with Crippen molar-refractivity contribution >= 4 is 23.0 Å². The number of phenols is 1. The summed E-state index contributed by atoms with van der Waals surface area (Å²) < 4.78 is 0. The largest absolute Gasteiger partial charge is 0.505 e. The zero-order chi connectivity index (χ0) is 18.0. The molecule has 1 amide bonds. The van der Waals surface area contributed by atoms with E-state index in [0.717, 1.165) is 6.42 Å². The lowest BCUT2D eigenvalue weighted by atomic mass is 10.1. The highest BCUT2D eigenvalue weighted by molar-refractivity contribution is 5.99. The summed E-state index contributed by atoms with van der Waals surface area (Å²) >= 11 is 0. The molecule has 7 heteroatoms. The van der Waals surface area contributed by atoms with Crippen LogP contribution < -0.4 is 21.5 Å². The maximum Gasteiger partial charge on any atom is 0.257 e. The van der Waals surface area contributed by atoms with E-state index in [1.165, 1.54) is 17.0 Å². The van der Waals surface area contributed by atoms with Gasteiger partial charge in [0, 0.05) is 20.1 Å². The Morgan fingerprint density at radius 2 is 1.83 bits per heavy atom. The van der Waals surface area contributed by atoms with E-state index in [1.54, 1.807) is 20.2 Å². The van der Waals surface area contributed by atoms with Gasteiger partial charge in [0.2, 0.25) is 0 Å². The van der Waals surface area contributed by atoms with Gasteiger partial charge in [-0.15, -0.1) is 0 Å². The van der Waals surface area contributed by atoms with Crippen molar-refractivity contribution in [3.63, 3.8) is 0 Å². The minimum atomic E-state index is -0.649. The van der Waals surface area contributed by atoms with Crippen LogP contribution in [0, 0.1) is 0 Å². The van der Waals surface area contributed by atoms with E-state index in [0.29, 0.717) is 0 Å². The molecule has 2 aromatic carbocycles. The molecule has 24 heavy (non-hydrogen) atoms. The smallest absolute Gasteiger partial charge is 0.257 e. The molecule has 0 saturated carbocycles. The molecule has 0 aliphatic carbocycles. The quantitative estimate of drug-likeness (QED) is 0.550. The summed E-state index contributed by atoms with van der Waals surface area (Å²) in [6.07, 6.45) is 0.788. The van der Waals surface area contributed by atoms with Gasteiger partial charge in [0.25, 0.3) is 16.8 Å². The van der Waals surface area contributed by atoms with Gasteiger partial charge >= 0.3 is 0 Å². The van der Waals surface area contributed by atoms with Crippen LogP contribution in [0.3, 0.4) is 0 Å². The molecule has 1 unspecified atom stereocenters. The molecule has 0 heterocycles. The van der Waals surface area contributed by atoms with Crippen LogP contribution in [0.25, 0.3) is 0 Å². The van der Waals surface area contributed by atoms with Gasteiger partial charge in [0.05, 0.1) is 11.3 Å². The van der Waals surface area contributed by atoms with Crippen LogP contribution >= 0.6 is 0 Å². The Hall–Kier alpha value is -2.83. The van der Waals surface area contributed by atoms with E-state index < -0.39 is 10.9 Å². The first-order chi connectivity index (χ1) is 11.3. The summed E-state index contributed by atoms with van der Waals surface area (Å²) in [4.78, 5) is 36.9. The molecule has 3 N–H and O–H groups in total. The number of rotatable bonds is 6. The molecular weight excluding hydrogens is 310 g/mol. The molecule has 0 fully saturated rings. The predicted molar refractivity (Wildman–Crippen MR) is 94.1 cm³/mol. The van der Waals surface area contributed by atoms with E-state index in [2.05, 4.69) is 10.6 Å². The number of phenolic OH excluding ortho intramolecular Hbond substituents is 1. The van der Waals surface area contributed by atoms with Crippen molar-refractivity contribution in [1.29, 1.82) is 0 Å². The van der Waals surface area contributed by atoms with Gasteiger partial charge in [-0.1, -0.05) is 13.0 Å². The van der Waals surface area contributed by atoms with Crippen LogP contribution in [-0.2, 0) is 0 Å². The molecule has 0 bridgehead atoms. The summed E-state index contributed by atoms with van der Waals surface area (Å²) in [6, 6.07) is 4.64. The molecule has 128 valence electrons. The van der Waals surface area contributed by atoms with Gasteiger partial charge in [0.1, 0.15) is 11.4 Å². The number of benzene rings is 1. The van der Waals surface area contributed by atoms with Crippen LogP contribution in [0.1, 0.15) is 30.6 Å². The lowest BCUT2D eigenvalue weighted by Gasteiger charge is -2.19. The average molecular weight is 331 g/mol. The number of hydrogen-bond acceptors (Lipinski definition) is 6. The Kier molecular flexibility index (Phi) is 4.92. The first-order valence-electron chi connectivity index (χ1n) is 7.68. The van der Waals surface area contributed by atoms with Gasteiger partial charge in [-0.25, -0.2) is 0 Å². The summed E-state index contributed by atoms with van der Waals surface area (Å²) in [7, 11) is 3.15. The van der Waals surface area contributed by atoms with E-state index in [1.807, 2.05) is 13.8 Å². The van der Waals surface area contributed by atoms with Crippen LogP contribution in [0.15, 0.2) is 27.8 Å². The van der Waals surface area contributed by atoms with Gasteiger partial charge in [-0.3, -0.25) is 14.4 Å². The van der Waals surface area contributed by atoms with Gasteiger partial charge < -0.3 is 20.6 Å². The van der Waals surface area contributed by atoms with Crippen LogP contribution in [0.5, 0.6) is 5.75 Å². The van der Waals surface area contributed by atoms with Crippen molar-refractivity contribution < 1.29 is 9.90 Å². The maximum absolute atomic E-state index is 12.0. The maximum atomic E-state index is 12.0. The summed E-state index contributed by atoms with van der Waals surface area (Å²) in [5, 5.41) is 16.0. The van der Waals surface area contributed by atoms with Crippen molar-refractivity contribution in [2.45, 2.75) is 26.3 Å². The third-order valence-electron chi connectivity index (χ3n) is 3.85. The lowest BCUT2D eigenvalue weighted by Crippen LogP contribution is -2.38. The first kappa shape index (κ1) is 17.5. The van der Waals surface area contributed by atoms with Crippen molar-refractivity contribution in [3.05, 3.63) is 44.2 Å². The molecule has 2 rings (SSSR count). The molecule has 0 saturated heterocycles. The number of amides is 1. The minimum absolute atomic E-state index is 0.0316. The zero-order valence-corrected chi connectivity index (χ0v) is 14.1. The van der Waals surface area contributed by atoms with Crippen molar-refractivity contribution in [3.8, 4) is 5.75 Å². The third-order valence-corrected chi connectivity index (χ3v) is 3.85. The molecule has 0 spiro atoms. The van der Waals surface area contributed by atoms with Gasteiger partial charge in [0.15, 0.2) is 5.75 Å². The number of nitrogens with one attached hydrogen (secondary N) is 2. The van der Waals surface area contributed by atoms with E-state index in [4.69, 9.17) is 0 Å². The summed E-state index contributed by atoms with van der Waals surface area (Å²) in [6.45, 7) is 3.85. The zero-order valence-electron chi connectivity index (χ0n) is 14.1. The Morgan fingerprint density at radius 3 is 2.42 bits per heavy atom. The Labute approximate surface area is 139 Å². The number of hydrogen-bond donors (Lipinski definition) is 3. The number of nitrogens with zero attached hydrogens (tertiary/aromatic N) is 1. The number of carbonyl (C=O) groups is 1. The summed E-state index contributed by atoms with van der Waals surface area (Å²) in [5.41, 5.74) is -0.618. The standard InChI is InChI=1S/C17H21N3O4/c1-5-9(2)18-12-13(16(23)15(12)22)19-11-8-6-7-10(14(11)21)17(24)20(3)4/h6-9,18-19,21H,5H2,1-4H3. The Bertz CT molecular complexity index is 835. The SMILES string of the molecule is CCC(C)Nc1c(Nc2cccc(C(=O)N(C)C)c2O)c(=O)c1=O. The van der Waals surface area contributed by atoms with Gasteiger partial charge in [-0.05, 0) is 25.5 Å². The fourth-order valence-electron chi connectivity index (χ4n) is 2.19. The minimum Gasteiger partial charge on any atom is -0.505 e. The van der Waals surface area contributed by atoms with E-state index >= 15 is 0 Å². The Morgan fingerprint density at radius 1 is 1.21 bits per heavy atom. The predicted octanol–water partition coefficient (Wildman–Crippen LogP) is 1.64. The second-order valence-electron chi connectivity index (χ2n) is 5.89. The highest BCUT2D eigenvalue weighted by Gasteiger charge is 2.24. The molecule has 0 aliphatic rings. The molecule has 0 aromatic heterocycles. The van der Waals surface area contributed by atoms with E-state index in [9.17, 15) is 19.5 Å². The average Bonchev–Trinajstić information content (AvgIpc) is 2.57. The molecule has 2 aromatic rings. The van der Waals surface area contributed by atoms with Crippen LogP contribution in [-0.4, -0.2) is 36.1 Å². The highest BCUT2D eigenvalue weighted by Crippen LogP contribution is 2.32. The monoisotopic (exact) mass is 331 g/mol. The molecule has 0 radical (unpaired) electrons.